The minimum absolute atomic E-state index is 0.230. The van der Waals surface area contributed by atoms with E-state index in [4.69, 9.17) is 9.73 Å². The number of aliphatic imine (C=N–C) groups is 1. The number of methoxy groups -OCH3 is 1. The third-order valence-corrected chi connectivity index (χ3v) is 4.16. The molecule has 0 amide bonds. The van der Waals surface area contributed by atoms with Crippen molar-refractivity contribution in [2.45, 2.75) is 33.2 Å². The summed E-state index contributed by atoms with van der Waals surface area (Å²) in [6.45, 7) is 6.76. The second-order valence-electron chi connectivity index (χ2n) is 5.81. The first-order valence-electron chi connectivity index (χ1n) is 6.61. The van der Waals surface area contributed by atoms with Crippen molar-refractivity contribution in [2.75, 3.05) is 18.2 Å². The lowest BCUT2D eigenvalue weighted by Crippen LogP contribution is -2.30. The van der Waals surface area contributed by atoms with Crippen molar-refractivity contribution in [3.63, 3.8) is 0 Å². The van der Waals surface area contributed by atoms with Gasteiger partial charge in [0.25, 0.3) is 0 Å². The van der Waals surface area contributed by atoms with E-state index in [2.05, 4.69) is 26.1 Å². The lowest BCUT2D eigenvalue weighted by Gasteiger charge is -2.31. The fraction of sp³-hybridized carbons (Fsp3) is 0.533. The predicted octanol–water partition coefficient (Wildman–Crippen LogP) is 4.01. The van der Waals surface area contributed by atoms with Crippen LogP contribution >= 0.6 is 11.8 Å². The molecule has 1 unspecified atom stereocenters. The van der Waals surface area contributed by atoms with Crippen LogP contribution < -0.4 is 10.1 Å². The molecule has 0 bridgehead atoms. The Morgan fingerprint density at radius 2 is 1.95 bits per heavy atom. The van der Waals surface area contributed by atoms with E-state index < -0.39 is 0 Å². The summed E-state index contributed by atoms with van der Waals surface area (Å²) >= 11 is 1.80. The molecule has 0 saturated carbocycles. The number of hydrogen-bond acceptors (Lipinski definition) is 4. The average Bonchev–Trinajstić information content (AvgIpc) is 2.39. The fourth-order valence-electron chi connectivity index (χ4n) is 2.00. The molecule has 0 saturated heterocycles. The Bertz CT molecular complexity index is 448. The maximum atomic E-state index is 5.16. The predicted molar refractivity (Wildman–Crippen MR) is 84.4 cm³/mol. The van der Waals surface area contributed by atoms with Gasteiger partial charge in [0.1, 0.15) is 5.75 Å². The van der Waals surface area contributed by atoms with Gasteiger partial charge in [-0.3, -0.25) is 4.99 Å². The van der Waals surface area contributed by atoms with E-state index in [0.29, 0.717) is 6.04 Å². The minimum atomic E-state index is 0.230. The Hall–Kier alpha value is -1.16. The zero-order valence-corrected chi connectivity index (χ0v) is 12.9. The van der Waals surface area contributed by atoms with Crippen molar-refractivity contribution in [2.24, 2.45) is 10.4 Å². The molecule has 0 spiro atoms. The summed E-state index contributed by atoms with van der Waals surface area (Å²) in [4.78, 5) is 4.83. The number of benzene rings is 1. The highest BCUT2D eigenvalue weighted by atomic mass is 32.2. The van der Waals surface area contributed by atoms with Crippen LogP contribution in [0.3, 0.4) is 0 Å². The van der Waals surface area contributed by atoms with Crippen LogP contribution in [0.5, 0.6) is 5.75 Å². The molecular weight excluding hydrogens is 256 g/mol. The normalized spacial score (nSPS) is 19.8. The van der Waals surface area contributed by atoms with Crippen LogP contribution in [-0.2, 0) is 0 Å². The highest BCUT2D eigenvalue weighted by Crippen LogP contribution is 2.31. The molecule has 1 N–H and O–H groups in total. The van der Waals surface area contributed by atoms with Gasteiger partial charge in [-0.1, -0.05) is 32.5 Å². The summed E-state index contributed by atoms with van der Waals surface area (Å²) in [7, 11) is 1.68. The van der Waals surface area contributed by atoms with Gasteiger partial charge in [0.05, 0.1) is 13.2 Å². The Morgan fingerprint density at radius 1 is 1.26 bits per heavy atom. The van der Waals surface area contributed by atoms with Gasteiger partial charge in [0.2, 0.25) is 0 Å². The van der Waals surface area contributed by atoms with Crippen molar-refractivity contribution in [3.8, 4) is 5.75 Å². The van der Waals surface area contributed by atoms with Crippen LogP contribution in [0.25, 0.3) is 0 Å². The molecule has 4 heteroatoms. The molecule has 1 aliphatic heterocycles. The van der Waals surface area contributed by atoms with Crippen molar-refractivity contribution >= 4 is 22.6 Å². The van der Waals surface area contributed by atoms with Crippen LogP contribution in [0.1, 0.15) is 27.2 Å². The third kappa shape index (κ3) is 3.90. The summed E-state index contributed by atoms with van der Waals surface area (Å²) in [5.41, 5.74) is 1.29. The van der Waals surface area contributed by atoms with Gasteiger partial charge in [-0.15, -0.1) is 0 Å². The Morgan fingerprint density at radius 3 is 2.53 bits per heavy atom. The zero-order valence-electron chi connectivity index (χ0n) is 12.1. The van der Waals surface area contributed by atoms with Gasteiger partial charge in [-0.05, 0) is 36.1 Å². The highest BCUT2D eigenvalue weighted by Gasteiger charge is 2.27. The molecular formula is C15H22N2OS. The van der Waals surface area contributed by atoms with E-state index in [1.54, 1.807) is 18.9 Å². The molecule has 2 rings (SSSR count). The second-order valence-corrected chi connectivity index (χ2v) is 6.89. The van der Waals surface area contributed by atoms with Gasteiger partial charge in [0.15, 0.2) is 5.17 Å². The third-order valence-electron chi connectivity index (χ3n) is 3.24. The molecule has 1 aromatic rings. The minimum Gasteiger partial charge on any atom is -0.497 e. The van der Waals surface area contributed by atoms with Crippen molar-refractivity contribution in [3.05, 3.63) is 24.3 Å². The number of nitrogens with zero attached hydrogens (tertiary/aromatic N) is 1. The van der Waals surface area contributed by atoms with Gasteiger partial charge < -0.3 is 10.1 Å². The Kier molecular flexibility index (Phi) is 4.40. The standard InChI is InChI=1S/C15H22N2OS/c1-15(2,3)13-9-10-19-14(17-13)16-11-5-7-12(18-4)8-6-11/h5-8,13H,9-10H2,1-4H3,(H,16,17). The zero-order chi connectivity index (χ0) is 13.9. The molecule has 104 valence electrons. The molecule has 19 heavy (non-hydrogen) atoms. The van der Waals surface area contributed by atoms with Crippen LogP contribution in [-0.4, -0.2) is 24.1 Å². The molecule has 1 aromatic carbocycles. The monoisotopic (exact) mass is 278 g/mol. The lowest BCUT2D eigenvalue weighted by molar-refractivity contribution is 0.316. The van der Waals surface area contributed by atoms with Gasteiger partial charge in [-0.2, -0.15) is 0 Å². The van der Waals surface area contributed by atoms with Crippen molar-refractivity contribution in [1.82, 2.24) is 0 Å². The first-order chi connectivity index (χ1) is 8.99. The molecule has 0 aliphatic carbocycles. The molecule has 0 aromatic heterocycles. The van der Waals surface area contributed by atoms with Gasteiger partial charge >= 0.3 is 0 Å². The van der Waals surface area contributed by atoms with E-state index in [0.717, 1.165) is 28.8 Å². The number of anilines is 1. The summed E-state index contributed by atoms with van der Waals surface area (Å²) < 4.78 is 5.16. The second kappa shape index (κ2) is 5.87. The molecule has 3 nitrogen and oxygen atoms in total. The van der Waals surface area contributed by atoms with Crippen LogP contribution in [0.4, 0.5) is 5.69 Å². The number of rotatable bonds is 2. The quantitative estimate of drug-likeness (QED) is 0.887. The van der Waals surface area contributed by atoms with Crippen LogP contribution in [0, 0.1) is 5.41 Å². The molecule has 0 fully saturated rings. The SMILES string of the molecule is COc1ccc(NC2=NC(C(C)(C)C)CCS2)cc1. The summed E-state index contributed by atoms with van der Waals surface area (Å²) in [5.74, 6) is 2.00. The van der Waals surface area contributed by atoms with E-state index in [1.807, 2.05) is 24.3 Å². The largest absolute Gasteiger partial charge is 0.497 e. The number of thioether (sulfide) groups is 1. The first-order valence-corrected chi connectivity index (χ1v) is 7.59. The summed E-state index contributed by atoms with van der Waals surface area (Å²) in [6.07, 6.45) is 1.15. The molecule has 1 heterocycles. The Balaban J connectivity index is 2.07. The summed E-state index contributed by atoms with van der Waals surface area (Å²) in [5, 5.41) is 4.42. The van der Waals surface area contributed by atoms with Crippen molar-refractivity contribution < 1.29 is 4.74 Å². The Labute approximate surface area is 119 Å². The topological polar surface area (TPSA) is 33.6 Å². The number of ether oxygens (including phenoxy) is 1. The van der Waals surface area contributed by atoms with E-state index in [9.17, 15) is 0 Å². The highest BCUT2D eigenvalue weighted by molar-refractivity contribution is 8.14. The number of hydrogen-bond donors (Lipinski definition) is 1. The van der Waals surface area contributed by atoms with E-state index in [-0.39, 0.29) is 5.41 Å². The average molecular weight is 278 g/mol. The van der Waals surface area contributed by atoms with Gasteiger partial charge in [-0.25, -0.2) is 0 Å². The van der Waals surface area contributed by atoms with Gasteiger partial charge in [0, 0.05) is 11.4 Å². The first kappa shape index (κ1) is 14.3. The maximum absolute atomic E-state index is 5.16. The van der Waals surface area contributed by atoms with E-state index in [1.165, 1.54) is 0 Å². The molecule has 1 aliphatic rings. The van der Waals surface area contributed by atoms with Crippen LogP contribution in [0.15, 0.2) is 29.3 Å². The van der Waals surface area contributed by atoms with E-state index >= 15 is 0 Å². The smallest absolute Gasteiger partial charge is 0.161 e. The van der Waals surface area contributed by atoms with Crippen LogP contribution in [0.2, 0.25) is 0 Å². The summed E-state index contributed by atoms with van der Waals surface area (Å²) in [6, 6.07) is 8.34. The molecule has 1 atom stereocenters. The lowest BCUT2D eigenvalue weighted by atomic mass is 9.85. The fourth-order valence-corrected chi connectivity index (χ4v) is 2.93. The van der Waals surface area contributed by atoms with Crippen molar-refractivity contribution in [1.29, 1.82) is 0 Å². The number of nitrogens with one attached hydrogen (secondary N) is 1. The molecule has 0 radical (unpaired) electrons. The maximum Gasteiger partial charge on any atom is 0.161 e. The number of amidine groups is 1.